The minimum atomic E-state index is -0.785. The van der Waals surface area contributed by atoms with Gasteiger partial charge in [-0.15, -0.1) is 0 Å². The van der Waals surface area contributed by atoms with Gasteiger partial charge in [-0.05, 0) is 73.4 Å². The van der Waals surface area contributed by atoms with Crippen molar-refractivity contribution in [3.8, 4) is 5.75 Å². The summed E-state index contributed by atoms with van der Waals surface area (Å²) >= 11 is 0. The van der Waals surface area contributed by atoms with E-state index in [-0.39, 0.29) is 30.2 Å². The maximum absolute atomic E-state index is 14.0. The fourth-order valence-corrected chi connectivity index (χ4v) is 4.72. The fraction of sp³-hybridized carbons (Fsp3) is 0.423. The van der Waals surface area contributed by atoms with Crippen LogP contribution < -0.4 is 15.4 Å². The standard InChI is InChI=1S/C26H30FN3O6/c1-35-21-8-9-22(27)23(14-21)29-25(33)28-19-5-4-18-15-30(11-10-17(18)13-19)26(34)36-20-6-2-16(3-7-20)12-24(31)32/h4-5,8-9,13-14,16,20H,2-3,6-7,10-12,15H2,1H3,(H,31,32)(H2,28,29,33)/t16-,20-. The first-order valence-corrected chi connectivity index (χ1v) is 12.0. The SMILES string of the molecule is COc1ccc(F)c(NC(=O)Nc2ccc3c(c2)CCN(C(=O)O[C@H]2CC[C@H](CC(=O)O)CC2)C3)c1. The summed E-state index contributed by atoms with van der Waals surface area (Å²) < 4.78 is 24.7. The number of anilines is 2. The maximum Gasteiger partial charge on any atom is 0.410 e. The zero-order valence-corrected chi connectivity index (χ0v) is 20.1. The predicted octanol–water partition coefficient (Wildman–Crippen LogP) is 5.01. The van der Waals surface area contributed by atoms with E-state index in [1.54, 1.807) is 11.0 Å². The van der Waals surface area contributed by atoms with Gasteiger partial charge in [0.15, 0.2) is 0 Å². The van der Waals surface area contributed by atoms with Gasteiger partial charge in [0.25, 0.3) is 0 Å². The van der Waals surface area contributed by atoms with Crippen LogP contribution in [0.15, 0.2) is 36.4 Å². The van der Waals surface area contributed by atoms with Crippen molar-refractivity contribution >= 4 is 29.5 Å². The highest BCUT2D eigenvalue weighted by Crippen LogP contribution is 2.30. The minimum absolute atomic E-state index is 0.00864. The monoisotopic (exact) mass is 499 g/mol. The summed E-state index contributed by atoms with van der Waals surface area (Å²) in [6.45, 7) is 0.898. The van der Waals surface area contributed by atoms with Crippen molar-refractivity contribution in [2.75, 3.05) is 24.3 Å². The Morgan fingerprint density at radius 3 is 2.56 bits per heavy atom. The van der Waals surface area contributed by atoms with Crippen LogP contribution in [0, 0.1) is 11.7 Å². The Kier molecular flexibility index (Phi) is 7.92. The average Bonchev–Trinajstić information content (AvgIpc) is 2.86. The highest BCUT2D eigenvalue weighted by molar-refractivity contribution is 6.00. The van der Waals surface area contributed by atoms with Gasteiger partial charge in [0.1, 0.15) is 17.7 Å². The zero-order valence-electron chi connectivity index (χ0n) is 20.1. The van der Waals surface area contributed by atoms with Crippen LogP contribution >= 0.6 is 0 Å². The molecule has 0 radical (unpaired) electrons. The predicted molar refractivity (Wildman–Crippen MR) is 131 cm³/mol. The van der Waals surface area contributed by atoms with Gasteiger partial charge in [0.2, 0.25) is 0 Å². The van der Waals surface area contributed by atoms with Crippen molar-refractivity contribution in [2.45, 2.75) is 51.2 Å². The first-order valence-electron chi connectivity index (χ1n) is 12.0. The molecule has 192 valence electrons. The van der Waals surface area contributed by atoms with Crippen LogP contribution in [0.2, 0.25) is 0 Å². The van der Waals surface area contributed by atoms with Crippen molar-refractivity contribution in [2.24, 2.45) is 5.92 Å². The molecule has 1 saturated carbocycles. The quantitative estimate of drug-likeness (QED) is 0.515. The third-order valence-corrected chi connectivity index (χ3v) is 6.68. The Hall–Kier alpha value is -3.82. The van der Waals surface area contributed by atoms with Crippen molar-refractivity contribution in [3.63, 3.8) is 0 Å². The van der Waals surface area contributed by atoms with Gasteiger partial charge in [-0.25, -0.2) is 14.0 Å². The molecule has 1 aliphatic heterocycles. The van der Waals surface area contributed by atoms with Crippen molar-refractivity contribution in [3.05, 3.63) is 53.3 Å². The summed E-state index contributed by atoms with van der Waals surface area (Å²) in [5.41, 5.74) is 2.55. The molecule has 0 atom stereocenters. The molecular formula is C26H30FN3O6. The van der Waals surface area contributed by atoms with Crippen LogP contribution in [0.4, 0.5) is 25.4 Å². The molecule has 2 aromatic rings. The lowest BCUT2D eigenvalue weighted by molar-refractivity contribution is -0.138. The zero-order chi connectivity index (χ0) is 25.7. The van der Waals surface area contributed by atoms with Gasteiger partial charge in [-0.3, -0.25) is 4.79 Å². The number of nitrogens with one attached hydrogen (secondary N) is 2. The number of hydrogen-bond acceptors (Lipinski definition) is 5. The largest absolute Gasteiger partial charge is 0.497 e. The topological polar surface area (TPSA) is 117 Å². The number of hydrogen-bond donors (Lipinski definition) is 3. The summed E-state index contributed by atoms with van der Waals surface area (Å²) in [5.74, 6) is -0.781. The van der Waals surface area contributed by atoms with Crippen LogP contribution in [-0.2, 0) is 22.5 Å². The Balaban J connectivity index is 1.29. The number of carbonyl (C=O) groups excluding carboxylic acids is 2. The molecule has 1 fully saturated rings. The second-order valence-corrected chi connectivity index (χ2v) is 9.20. The molecule has 2 aliphatic rings. The number of urea groups is 1. The molecule has 3 N–H and O–H groups in total. The Bertz CT molecular complexity index is 1130. The van der Waals surface area contributed by atoms with Crippen molar-refractivity contribution < 1.29 is 33.4 Å². The molecule has 0 spiro atoms. The van der Waals surface area contributed by atoms with Crippen LogP contribution in [-0.4, -0.2) is 47.9 Å². The minimum Gasteiger partial charge on any atom is -0.497 e. The van der Waals surface area contributed by atoms with Crippen LogP contribution in [0.3, 0.4) is 0 Å². The van der Waals surface area contributed by atoms with E-state index in [1.165, 1.54) is 25.3 Å². The normalized spacial score (nSPS) is 19.1. The highest BCUT2D eigenvalue weighted by Gasteiger charge is 2.28. The molecule has 0 saturated heterocycles. The number of rotatable bonds is 6. The summed E-state index contributed by atoms with van der Waals surface area (Å²) in [6, 6.07) is 8.94. The number of ether oxygens (including phenoxy) is 2. The number of carbonyl (C=O) groups is 3. The molecule has 3 amide bonds. The first kappa shape index (κ1) is 25.3. The van der Waals surface area contributed by atoms with E-state index >= 15 is 0 Å². The number of nitrogens with zero attached hydrogens (tertiary/aromatic N) is 1. The number of aliphatic carboxylic acids is 1. The first-order chi connectivity index (χ1) is 17.3. The van der Waals surface area contributed by atoms with Gasteiger partial charge in [-0.2, -0.15) is 0 Å². The second kappa shape index (κ2) is 11.3. The molecular weight excluding hydrogens is 469 g/mol. The van der Waals surface area contributed by atoms with Crippen molar-refractivity contribution in [1.82, 2.24) is 4.90 Å². The number of carboxylic acid groups (broad SMARTS) is 1. The molecule has 0 aromatic heterocycles. The van der Waals surface area contributed by atoms with E-state index in [0.717, 1.165) is 24.0 Å². The average molecular weight is 500 g/mol. The summed E-state index contributed by atoms with van der Waals surface area (Å²) in [5, 5.41) is 14.1. The Morgan fingerprint density at radius 2 is 1.83 bits per heavy atom. The van der Waals surface area contributed by atoms with E-state index in [1.807, 2.05) is 12.1 Å². The van der Waals surface area contributed by atoms with Gasteiger partial charge in [0.05, 0.1) is 12.8 Å². The van der Waals surface area contributed by atoms with Crippen LogP contribution in [0.25, 0.3) is 0 Å². The summed E-state index contributed by atoms with van der Waals surface area (Å²) in [4.78, 5) is 37.6. The summed E-state index contributed by atoms with van der Waals surface area (Å²) in [7, 11) is 1.46. The summed E-state index contributed by atoms with van der Waals surface area (Å²) in [6.07, 6.45) is 3.11. The van der Waals surface area contributed by atoms with E-state index in [4.69, 9.17) is 14.6 Å². The van der Waals surface area contributed by atoms with Gasteiger partial charge in [-0.1, -0.05) is 6.07 Å². The van der Waals surface area contributed by atoms with E-state index in [9.17, 15) is 18.8 Å². The maximum atomic E-state index is 14.0. The third-order valence-electron chi connectivity index (χ3n) is 6.68. The molecule has 1 aliphatic carbocycles. The number of benzene rings is 2. The molecule has 0 bridgehead atoms. The molecule has 9 nitrogen and oxygen atoms in total. The van der Waals surface area contributed by atoms with E-state index < -0.39 is 17.8 Å². The molecule has 4 rings (SSSR count). The van der Waals surface area contributed by atoms with Crippen LogP contribution in [0.1, 0.15) is 43.2 Å². The fourth-order valence-electron chi connectivity index (χ4n) is 4.72. The molecule has 10 heteroatoms. The Labute approximate surface area is 208 Å². The third kappa shape index (κ3) is 6.44. The van der Waals surface area contributed by atoms with Crippen molar-refractivity contribution in [1.29, 1.82) is 0 Å². The lowest BCUT2D eigenvalue weighted by atomic mass is 9.85. The number of halogens is 1. The lowest BCUT2D eigenvalue weighted by Crippen LogP contribution is -2.39. The number of carboxylic acids is 1. The Morgan fingerprint density at radius 1 is 1.06 bits per heavy atom. The molecule has 36 heavy (non-hydrogen) atoms. The number of fused-ring (bicyclic) bond motifs is 1. The molecule has 2 aromatic carbocycles. The second-order valence-electron chi connectivity index (χ2n) is 9.20. The van der Waals surface area contributed by atoms with E-state index in [2.05, 4.69) is 10.6 Å². The molecule has 0 unspecified atom stereocenters. The van der Waals surface area contributed by atoms with Gasteiger partial charge >= 0.3 is 18.1 Å². The number of amides is 3. The van der Waals surface area contributed by atoms with Gasteiger partial charge in [0, 0.05) is 31.3 Å². The van der Waals surface area contributed by atoms with E-state index in [0.29, 0.717) is 43.8 Å². The number of methoxy groups -OCH3 is 1. The van der Waals surface area contributed by atoms with Gasteiger partial charge < -0.3 is 30.1 Å². The smallest absolute Gasteiger partial charge is 0.410 e. The van der Waals surface area contributed by atoms with Crippen LogP contribution in [0.5, 0.6) is 5.75 Å². The lowest BCUT2D eigenvalue weighted by Gasteiger charge is -2.32. The highest BCUT2D eigenvalue weighted by atomic mass is 19.1. The molecule has 1 heterocycles.